The Kier molecular flexibility index (Phi) is 5.21. The lowest BCUT2D eigenvalue weighted by atomic mass is 10.1. The molecule has 0 spiro atoms. The van der Waals surface area contributed by atoms with E-state index in [4.69, 9.17) is 4.74 Å². The second kappa shape index (κ2) is 7.75. The van der Waals surface area contributed by atoms with Crippen molar-refractivity contribution in [3.05, 3.63) is 17.5 Å². The van der Waals surface area contributed by atoms with Crippen molar-refractivity contribution in [1.82, 2.24) is 24.9 Å². The quantitative estimate of drug-likeness (QED) is 0.801. The maximum absolute atomic E-state index is 12.8. The van der Waals surface area contributed by atoms with E-state index >= 15 is 0 Å². The Morgan fingerprint density at radius 1 is 1.23 bits per heavy atom. The molecule has 0 radical (unpaired) electrons. The Morgan fingerprint density at radius 3 is 2.88 bits per heavy atom. The maximum atomic E-state index is 12.8. The molecule has 0 aliphatic carbocycles. The van der Waals surface area contributed by atoms with Gasteiger partial charge in [-0.2, -0.15) is 5.10 Å². The van der Waals surface area contributed by atoms with E-state index in [9.17, 15) is 9.59 Å². The summed E-state index contributed by atoms with van der Waals surface area (Å²) in [6, 6.07) is 1.79. The number of aromatic nitrogens is 2. The molecule has 0 bridgehead atoms. The number of morpholine rings is 1. The van der Waals surface area contributed by atoms with E-state index in [1.165, 1.54) is 5.69 Å². The van der Waals surface area contributed by atoms with Gasteiger partial charge in [0.15, 0.2) is 0 Å². The third-order valence-corrected chi connectivity index (χ3v) is 5.50. The summed E-state index contributed by atoms with van der Waals surface area (Å²) in [6.45, 7) is 5.78. The summed E-state index contributed by atoms with van der Waals surface area (Å²) in [6.07, 6.45) is 2.72. The molecule has 2 fully saturated rings. The largest absolute Gasteiger partial charge is 0.378 e. The van der Waals surface area contributed by atoms with Gasteiger partial charge in [0.05, 0.1) is 31.1 Å². The second-order valence-corrected chi connectivity index (χ2v) is 7.21. The summed E-state index contributed by atoms with van der Waals surface area (Å²) in [7, 11) is 0. The van der Waals surface area contributed by atoms with Gasteiger partial charge >= 0.3 is 0 Å². The van der Waals surface area contributed by atoms with Crippen LogP contribution in [0.1, 0.15) is 30.7 Å². The molecule has 1 aromatic heterocycles. The monoisotopic (exact) mass is 361 g/mol. The van der Waals surface area contributed by atoms with Crippen LogP contribution in [-0.2, 0) is 33.8 Å². The Bertz CT molecular complexity index is 644. The summed E-state index contributed by atoms with van der Waals surface area (Å²) in [5.74, 6) is 0.154. The van der Waals surface area contributed by atoms with Gasteiger partial charge < -0.3 is 19.9 Å². The number of hydrogen-bond donors (Lipinski definition) is 1. The highest BCUT2D eigenvalue weighted by atomic mass is 16.5. The molecule has 1 aromatic rings. The lowest BCUT2D eigenvalue weighted by Gasteiger charge is -2.32. The Balaban J connectivity index is 1.34. The first kappa shape index (κ1) is 17.5. The summed E-state index contributed by atoms with van der Waals surface area (Å²) in [5, 5.41) is 7.92. The highest BCUT2D eigenvalue weighted by Crippen LogP contribution is 2.21. The van der Waals surface area contributed by atoms with Crippen LogP contribution in [0, 0.1) is 0 Å². The number of ether oxygens (including phenoxy) is 1. The average Bonchev–Trinajstić information content (AvgIpc) is 3.33. The molecule has 2 amide bonds. The van der Waals surface area contributed by atoms with E-state index in [2.05, 4.69) is 16.5 Å². The van der Waals surface area contributed by atoms with Crippen LogP contribution in [0.3, 0.4) is 0 Å². The molecule has 0 saturated carbocycles. The van der Waals surface area contributed by atoms with Crippen molar-refractivity contribution in [2.24, 2.45) is 0 Å². The zero-order valence-corrected chi connectivity index (χ0v) is 15.2. The predicted molar refractivity (Wildman–Crippen MR) is 94.4 cm³/mol. The van der Waals surface area contributed by atoms with Crippen molar-refractivity contribution in [3.8, 4) is 0 Å². The van der Waals surface area contributed by atoms with Crippen LogP contribution in [0.4, 0.5) is 0 Å². The number of nitrogens with one attached hydrogen (secondary N) is 1. The third kappa shape index (κ3) is 3.61. The van der Waals surface area contributed by atoms with Gasteiger partial charge in [-0.15, -0.1) is 0 Å². The number of likely N-dealkylation sites (tertiary alicyclic amines) is 1. The van der Waals surface area contributed by atoms with Crippen molar-refractivity contribution in [2.75, 3.05) is 39.4 Å². The number of amides is 2. The maximum Gasteiger partial charge on any atom is 0.245 e. The Labute approximate surface area is 153 Å². The van der Waals surface area contributed by atoms with Gasteiger partial charge in [-0.05, 0) is 18.9 Å². The molecule has 3 aliphatic rings. The first-order valence-electron chi connectivity index (χ1n) is 9.65. The van der Waals surface area contributed by atoms with Gasteiger partial charge in [0.2, 0.25) is 11.8 Å². The summed E-state index contributed by atoms with van der Waals surface area (Å²) in [4.78, 5) is 29.1. The molecule has 1 atom stereocenters. The van der Waals surface area contributed by atoms with Crippen molar-refractivity contribution in [2.45, 2.75) is 44.8 Å². The first-order valence-corrected chi connectivity index (χ1v) is 9.65. The molecule has 4 heterocycles. The summed E-state index contributed by atoms with van der Waals surface area (Å²) in [5.41, 5.74) is 2.15. The minimum absolute atomic E-state index is 0.0678. The number of fused-ring (bicyclic) bond motifs is 1. The fourth-order valence-corrected chi connectivity index (χ4v) is 4.07. The smallest absolute Gasteiger partial charge is 0.245 e. The van der Waals surface area contributed by atoms with Crippen LogP contribution in [0.15, 0.2) is 6.07 Å². The lowest BCUT2D eigenvalue weighted by molar-refractivity contribution is -0.146. The summed E-state index contributed by atoms with van der Waals surface area (Å²) >= 11 is 0. The van der Waals surface area contributed by atoms with Gasteiger partial charge in [0.1, 0.15) is 6.04 Å². The topological polar surface area (TPSA) is 79.7 Å². The van der Waals surface area contributed by atoms with Crippen LogP contribution in [0.5, 0.6) is 0 Å². The van der Waals surface area contributed by atoms with Crippen LogP contribution in [-0.4, -0.2) is 76.8 Å². The third-order valence-electron chi connectivity index (χ3n) is 5.50. The number of hydrogen-bond acceptors (Lipinski definition) is 5. The van der Waals surface area contributed by atoms with E-state index in [0.717, 1.165) is 38.2 Å². The predicted octanol–water partition coefficient (Wildman–Crippen LogP) is -0.231. The highest BCUT2D eigenvalue weighted by Gasteiger charge is 2.36. The first-order chi connectivity index (χ1) is 12.7. The van der Waals surface area contributed by atoms with E-state index in [1.807, 2.05) is 9.58 Å². The molecule has 0 aromatic carbocycles. The standard InChI is InChI=1S/C18H27N5O3/c24-17(4-3-14-12-15-13-19-5-7-23(15)20-14)22-6-1-2-16(22)18(25)21-8-10-26-11-9-21/h12,16,19H,1-11,13H2. The average molecular weight is 361 g/mol. The summed E-state index contributed by atoms with van der Waals surface area (Å²) < 4.78 is 7.35. The number of rotatable bonds is 4. The number of carbonyl (C=O) groups excluding carboxylic acids is 2. The molecule has 4 rings (SSSR count). The minimum atomic E-state index is -0.292. The Hall–Kier alpha value is -1.93. The molecule has 26 heavy (non-hydrogen) atoms. The molecular weight excluding hydrogens is 334 g/mol. The van der Waals surface area contributed by atoms with Crippen molar-refractivity contribution >= 4 is 11.8 Å². The van der Waals surface area contributed by atoms with Gasteiger partial charge in [-0.1, -0.05) is 0 Å². The molecular formula is C18H27N5O3. The normalized spacial score (nSPS) is 23.2. The minimum Gasteiger partial charge on any atom is -0.378 e. The molecule has 1 N–H and O–H groups in total. The van der Waals surface area contributed by atoms with Crippen molar-refractivity contribution < 1.29 is 14.3 Å². The number of aryl methyl sites for hydroxylation is 1. The fraction of sp³-hybridized carbons (Fsp3) is 0.722. The van der Waals surface area contributed by atoms with Crippen LogP contribution >= 0.6 is 0 Å². The second-order valence-electron chi connectivity index (χ2n) is 7.21. The van der Waals surface area contributed by atoms with Crippen LogP contribution in [0.25, 0.3) is 0 Å². The molecule has 142 valence electrons. The van der Waals surface area contributed by atoms with E-state index in [1.54, 1.807) is 4.90 Å². The van der Waals surface area contributed by atoms with Gasteiger partial charge in [-0.3, -0.25) is 14.3 Å². The van der Waals surface area contributed by atoms with Gasteiger partial charge in [0.25, 0.3) is 0 Å². The highest BCUT2D eigenvalue weighted by molar-refractivity contribution is 5.88. The van der Waals surface area contributed by atoms with Crippen molar-refractivity contribution in [1.29, 1.82) is 0 Å². The van der Waals surface area contributed by atoms with E-state index in [0.29, 0.717) is 45.7 Å². The van der Waals surface area contributed by atoms with Crippen LogP contribution in [0.2, 0.25) is 0 Å². The molecule has 3 aliphatic heterocycles. The molecule has 2 saturated heterocycles. The van der Waals surface area contributed by atoms with E-state index in [-0.39, 0.29) is 17.9 Å². The van der Waals surface area contributed by atoms with Gasteiger partial charge in [0, 0.05) is 45.6 Å². The lowest BCUT2D eigenvalue weighted by Crippen LogP contribution is -2.51. The number of carbonyl (C=O) groups is 2. The zero-order valence-electron chi connectivity index (χ0n) is 15.2. The van der Waals surface area contributed by atoms with E-state index < -0.39 is 0 Å². The SMILES string of the molecule is O=C(C1CCCN1C(=O)CCc1cc2n(n1)CCNC2)N1CCOCC1. The van der Waals surface area contributed by atoms with Crippen LogP contribution < -0.4 is 5.32 Å². The van der Waals surface area contributed by atoms with Crippen molar-refractivity contribution in [3.63, 3.8) is 0 Å². The Morgan fingerprint density at radius 2 is 2.08 bits per heavy atom. The molecule has 8 nitrogen and oxygen atoms in total. The van der Waals surface area contributed by atoms with Gasteiger partial charge in [-0.25, -0.2) is 0 Å². The molecule has 1 unspecified atom stereocenters. The zero-order chi connectivity index (χ0) is 17.9. The fourth-order valence-electron chi connectivity index (χ4n) is 4.07. The molecule has 8 heteroatoms. The number of nitrogens with zero attached hydrogens (tertiary/aromatic N) is 4.